The van der Waals surface area contributed by atoms with Gasteiger partial charge in [0.2, 0.25) is 5.91 Å². The van der Waals surface area contributed by atoms with Gasteiger partial charge in [-0.05, 0) is 42.7 Å². The predicted molar refractivity (Wildman–Crippen MR) is 136 cm³/mol. The molecule has 0 aliphatic heterocycles. The number of hydrogen-bond acceptors (Lipinski definition) is 2. The fourth-order valence-corrected chi connectivity index (χ4v) is 4.84. The molecule has 3 nitrogen and oxygen atoms in total. The number of ketones is 1. The van der Waals surface area contributed by atoms with Gasteiger partial charge in [-0.3, -0.25) is 9.59 Å². The molecular weight excluding hydrogens is 631 g/mol. The molecule has 1 aliphatic rings. The molecule has 0 heterocycles. The lowest BCUT2D eigenvalue weighted by Crippen LogP contribution is -2.39. The van der Waals surface area contributed by atoms with Crippen LogP contribution in [0.25, 0.3) is 11.9 Å². The second-order valence-electron chi connectivity index (χ2n) is 9.57. The Kier molecular flexibility index (Phi) is 9.48. The van der Waals surface area contributed by atoms with E-state index in [1.807, 2.05) is 0 Å². The van der Waals surface area contributed by atoms with Gasteiger partial charge in [-0.1, -0.05) is 48.0 Å². The summed E-state index contributed by atoms with van der Waals surface area (Å²) in [7, 11) is 0. The Balaban J connectivity index is 1.97. The first-order valence-corrected chi connectivity index (χ1v) is 12.6. The van der Waals surface area contributed by atoms with Crippen LogP contribution in [-0.4, -0.2) is 30.6 Å². The molecule has 0 radical (unpaired) electrons. The summed E-state index contributed by atoms with van der Waals surface area (Å²) in [5.74, 6) is -6.83. The van der Waals surface area contributed by atoms with Crippen molar-refractivity contribution in [3.63, 3.8) is 0 Å². The number of rotatable bonds is 9. The molecule has 1 amide bonds. The summed E-state index contributed by atoms with van der Waals surface area (Å²) in [6.45, 7) is 1.72. The standard InChI is InChI=1S/C27H19Cl2F10NO2/c1-2-15-19(28)8-14(9-20(15)29)17(26(34,35)36)10-21(30)13-3-4-16(18(7-13)27(37,38)39)22(41)11-24(5-6-24)23(42)40-12-25(31,32)33/h2-4,7-10,17H,1,5-6,11-12H2,(H,40,42)/b21-10-. The molecular formula is C27H19Cl2F10NO2. The van der Waals surface area contributed by atoms with E-state index in [9.17, 15) is 49.1 Å². The Hall–Kier alpha value is -3.06. The molecule has 3 rings (SSSR count). The SMILES string of the molecule is C=Cc1c(Cl)cc(C(/C=C(\F)c2ccc(C(=O)CC3(C(=O)NCC(F)(F)F)CC3)c(C(F)(F)F)c2)C(F)(F)F)cc1Cl. The van der Waals surface area contributed by atoms with Gasteiger partial charge < -0.3 is 5.32 Å². The lowest BCUT2D eigenvalue weighted by atomic mass is 9.90. The Morgan fingerprint density at radius 3 is 2.00 bits per heavy atom. The molecule has 0 aromatic heterocycles. The number of allylic oxidation sites excluding steroid dienone is 1. The van der Waals surface area contributed by atoms with Gasteiger partial charge in [-0.2, -0.15) is 39.5 Å². The number of hydrogen-bond donors (Lipinski definition) is 1. The minimum absolute atomic E-state index is 0.0245. The molecule has 1 aliphatic carbocycles. The number of nitrogens with one attached hydrogen (secondary N) is 1. The van der Waals surface area contributed by atoms with Crippen molar-refractivity contribution in [1.29, 1.82) is 0 Å². The van der Waals surface area contributed by atoms with Crippen LogP contribution in [0.4, 0.5) is 43.9 Å². The summed E-state index contributed by atoms with van der Waals surface area (Å²) in [6.07, 6.45) is -15.0. The lowest BCUT2D eigenvalue weighted by Gasteiger charge is -2.20. The smallest absolute Gasteiger partial charge is 0.346 e. The molecule has 0 saturated heterocycles. The predicted octanol–water partition coefficient (Wildman–Crippen LogP) is 9.34. The van der Waals surface area contributed by atoms with Crippen LogP contribution in [0.2, 0.25) is 10.0 Å². The Labute approximate surface area is 242 Å². The molecule has 0 bridgehead atoms. The van der Waals surface area contributed by atoms with Gasteiger partial charge in [0.05, 0.1) is 11.0 Å². The Morgan fingerprint density at radius 2 is 1.55 bits per heavy atom. The van der Waals surface area contributed by atoms with Gasteiger partial charge in [0.15, 0.2) is 5.78 Å². The number of halogens is 12. The van der Waals surface area contributed by atoms with E-state index in [-0.39, 0.29) is 40.6 Å². The molecule has 1 saturated carbocycles. The van der Waals surface area contributed by atoms with Crippen molar-refractivity contribution in [2.75, 3.05) is 6.54 Å². The molecule has 2 aromatic carbocycles. The topological polar surface area (TPSA) is 46.2 Å². The maximum absolute atomic E-state index is 15.1. The summed E-state index contributed by atoms with van der Waals surface area (Å²) < 4.78 is 136. The number of carbonyl (C=O) groups excluding carboxylic acids is 2. The molecule has 2 aromatic rings. The highest BCUT2D eigenvalue weighted by Crippen LogP contribution is 2.50. The van der Waals surface area contributed by atoms with Crippen molar-refractivity contribution in [2.45, 2.75) is 43.7 Å². The second kappa shape index (κ2) is 11.9. The number of benzene rings is 2. The third-order valence-electron chi connectivity index (χ3n) is 6.51. The summed E-state index contributed by atoms with van der Waals surface area (Å²) in [6, 6.07) is 3.02. The maximum atomic E-state index is 15.1. The van der Waals surface area contributed by atoms with Crippen LogP contribution < -0.4 is 5.32 Å². The third-order valence-corrected chi connectivity index (χ3v) is 7.14. The van der Waals surface area contributed by atoms with E-state index in [0.29, 0.717) is 12.1 Å². The summed E-state index contributed by atoms with van der Waals surface area (Å²) in [5, 5.41) is 1.12. The average Bonchev–Trinajstić information content (AvgIpc) is 3.63. The van der Waals surface area contributed by atoms with Crippen molar-refractivity contribution in [3.05, 3.63) is 80.8 Å². The van der Waals surface area contributed by atoms with Crippen LogP contribution in [0.15, 0.2) is 43.0 Å². The normalized spacial score (nSPS) is 16.1. The molecule has 0 spiro atoms. The highest BCUT2D eigenvalue weighted by molar-refractivity contribution is 6.37. The van der Waals surface area contributed by atoms with Crippen LogP contribution in [0.1, 0.15) is 57.8 Å². The highest BCUT2D eigenvalue weighted by Gasteiger charge is 2.52. The van der Waals surface area contributed by atoms with Crippen molar-refractivity contribution in [3.8, 4) is 0 Å². The largest absolute Gasteiger partial charge is 0.417 e. The fourth-order valence-electron chi connectivity index (χ4n) is 4.18. The van der Waals surface area contributed by atoms with Gasteiger partial charge >= 0.3 is 18.5 Å². The van der Waals surface area contributed by atoms with Crippen LogP contribution in [0.3, 0.4) is 0 Å². The molecule has 15 heteroatoms. The first kappa shape index (κ1) is 33.4. The molecule has 1 atom stereocenters. The Bertz CT molecular complexity index is 1400. The minimum Gasteiger partial charge on any atom is -0.346 e. The number of carbonyl (C=O) groups is 2. The first-order chi connectivity index (χ1) is 19.2. The van der Waals surface area contributed by atoms with E-state index >= 15 is 4.39 Å². The van der Waals surface area contributed by atoms with Crippen LogP contribution in [-0.2, 0) is 11.0 Å². The van der Waals surface area contributed by atoms with Crippen LogP contribution >= 0.6 is 23.2 Å². The van der Waals surface area contributed by atoms with E-state index in [1.54, 1.807) is 5.32 Å². The van der Waals surface area contributed by atoms with Crippen molar-refractivity contribution in [1.82, 2.24) is 5.32 Å². The van der Waals surface area contributed by atoms with Gasteiger partial charge in [0.1, 0.15) is 18.3 Å². The van der Waals surface area contributed by atoms with Crippen molar-refractivity contribution >= 4 is 46.8 Å². The first-order valence-electron chi connectivity index (χ1n) is 11.8. The van der Waals surface area contributed by atoms with Gasteiger partial charge in [0.25, 0.3) is 0 Å². The van der Waals surface area contributed by atoms with Crippen molar-refractivity contribution in [2.24, 2.45) is 5.41 Å². The van der Waals surface area contributed by atoms with Gasteiger partial charge in [-0.15, -0.1) is 0 Å². The molecule has 1 N–H and O–H groups in total. The third kappa shape index (κ3) is 7.85. The van der Waals surface area contributed by atoms with Gasteiger partial charge in [0, 0.05) is 33.2 Å². The summed E-state index contributed by atoms with van der Waals surface area (Å²) >= 11 is 11.9. The highest BCUT2D eigenvalue weighted by atomic mass is 35.5. The second-order valence-corrected chi connectivity index (χ2v) is 10.4. The minimum atomic E-state index is -5.29. The van der Waals surface area contributed by atoms with Crippen molar-refractivity contribution < 1.29 is 53.5 Å². The summed E-state index contributed by atoms with van der Waals surface area (Å²) in [5.41, 5.74) is -5.83. The number of alkyl halides is 9. The van der Waals surface area contributed by atoms with E-state index in [2.05, 4.69) is 6.58 Å². The fraction of sp³-hybridized carbons (Fsp3) is 0.333. The average molecular weight is 650 g/mol. The number of amides is 1. The van der Waals surface area contributed by atoms with Crippen LogP contribution in [0, 0.1) is 5.41 Å². The zero-order valence-electron chi connectivity index (χ0n) is 21.0. The van der Waals surface area contributed by atoms with E-state index in [1.165, 1.54) is 6.08 Å². The zero-order valence-corrected chi connectivity index (χ0v) is 22.5. The molecule has 42 heavy (non-hydrogen) atoms. The summed E-state index contributed by atoms with van der Waals surface area (Å²) in [4.78, 5) is 25.0. The molecule has 1 unspecified atom stereocenters. The Morgan fingerprint density at radius 1 is 0.976 bits per heavy atom. The number of Topliss-reactive ketones (excluding diaryl/α,β-unsaturated/α-hetero) is 1. The van der Waals surface area contributed by atoms with Gasteiger partial charge in [-0.25, -0.2) is 4.39 Å². The van der Waals surface area contributed by atoms with E-state index < -0.39 is 82.6 Å². The zero-order chi connectivity index (χ0) is 31.8. The molecule has 1 fully saturated rings. The molecule has 228 valence electrons. The lowest BCUT2D eigenvalue weighted by molar-refractivity contribution is -0.141. The van der Waals surface area contributed by atoms with Crippen LogP contribution in [0.5, 0.6) is 0 Å². The maximum Gasteiger partial charge on any atom is 0.417 e. The van der Waals surface area contributed by atoms with E-state index in [4.69, 9.17) is 23.2 Å². The quantitative estimate of drug-likeness (QED) is 0.217. The van der Waals surface area contributed by atoms with E-state index in [0.717, 1.165) is 12.1 Å². The monoisotopic (exact) mass is 649 g/mol.